The summed E-state index contributed by atoms with van der Waals surface area (Å²) in [5.74, 6) is 0.607. The van der Waals surface area contributed by atoms with E-state index in [9.17, 15) is 4.79 Å². The molecule has 5 nitrogen and oxygen atoms in total. The average molecular weight is 341 g/mol. The van der Waals surface area contributed by atoms with Crippen LogP contribution in [0, 0.1) is 0 Å². The van der Waals surface area contributed by atoms with Crippen LogP contribution in [0.15, 0.2) is 48.5 Å². The Morgan fingerprint density at radius 1 is 1.16 bits per heavy atom. The number of hydrogen-bond acceptors (Lipinski definition) is 4. The lowest BCUT2D eigenvalue weighted by Crippen LogP contribution is -2.28. The fourth-order valence-electron chi connectivity index (χ4n) is 2.37. The number of likely N-dealkylation sites (N-methyl/N-ethyl adjacent to an activating group) is 1. The highest BCUT2D eigenvalue weighted by molar-refractivity contribution is 6.04. The first kappa shape index (κ1) is 19.0. The summed E-state index contributed by atoms with van der Waals surface area (Å²) in [5.41, 5.74) is 2.55. The molecule has 2 aromatic rings. The van der Waals surface area contributed by atoms with Gasteiger partial charge < -0.3 is 20.3 Å². The van der Waals surface area contributed by atoms with Crippen molar-refractivity contribution < 1.29 is 9.53 Å². The second-order valence-electron chi connectivity index (χ2n) is 5.96. The first-order valence-electron chi connectivity index (χ1n) is 8.56. The Bertz CT molecular complexity index is 671. The van der Waals surface area contributed by atoms with Gasteiger partial charge in [0.2, 0.25) is 0 Å². The number of nitrogens with one attached hydrogen (secondary N) is 2. The number of anilines is 1. The van der Waals surface area contributed by atoms with Crippen LogP contribution in [0.2, 0.25) is 0 Å². The molecule has 0 bridgehead atoms. The van der Waals surface area contributed by atoms with Gasteiger partial charge in [0.05, 0.1) is 7.11 Å². The quantitative estimate of drug-likeness (QED) is 0.689. The van der Waals surface area contributed by atoms with Crippen LogP contribution in [-0.2, 0) is 6.54 Å². The van der Waals surface area contributed by atoms with Crippen molar-refractivity contribution >= 4 is 11.6 Å². The summed E-state index contributed by atoms with van der Waals surface area (Å²) in [7, 11) is 3.71. The van der Waals surface area contributed by atoms with Gasteiger partial charge in [-0.2, -0.15) is 0 Å². The Balaban J connectivity index is 1.88. The van der Waals surface area contributed by atoms with Gasteiger partial charge in [0.25, 0.3) is 5.91 Å². The Hall–Kier alpha value is -2.37. The van der Waals surface area contributed by atoms with Gasteiger partial charge in [-0.25, -0.2) is 0 Å². The van der Waals surface area contributed by atoms with E-state index in [-0.39, 0.29) is 5.91 Å². The summed E-state index contributed by atoms with van der Waals surface area (Å²) in [6.07, 6.45) is 0. The first-order chi connectivity index (χ1) is 12.1. The van der Waals surface area contributed by atoms with Crippen LogP contribution < -0.4 is 15.4 Å². The lowest BCUT2D eigenvalue weighted by atomic mass is 10.1. The minimum absolute atomic E-state index is 0.127. The second kappa shape index (κ2) is 9.81. The summed E-state index contributed by atoms with van der Waals surface area (Å²) in [6, 6.07) is 15.0. The number of carbonyl (C=O) groups is 1. The maximum Gasteiger partial charge on any atom is 0.255 e. The predicted molar refractivity (Wildman–Crippen MR) is 102 cm³/mol. The molecule has 5 heteroatoms. The molecule has 0 radical (unpaired) electrons. The van der Waals surface area contributed by atoms with E-state index in [4.69, 9.17) is 4.74 Å². The molecular formula is C20H27N3O2. The number of hydrogen-bond donors (Lipinski definition) is 2. The van der Waals surface area contributed by atoms with E-state index >= 15 is 0 Å². The summed E-state index contributed by atoms with van der Waals surface area (Å²) in [4.78, 5) is 14.6. The number of amides is 1. The summed E-state index contributed by atoms with van der Waals surface area (Å²) in [5, 5.41) is 6.36. The molecule has 0 heterocycles. The zero-order chi connectivity index (χ0) is 18.1. The number of ether oxygens (including phenoxy) is 1. The molecule has 2 rings (SSSR count). The largest absolute Gasteiger partial charge is 0.497 e. The van der Waals surface area contributed by atoms with Crippen LogP contribution in [0.4, 0.5) is 5.69 Å². The van der Waals surface area contributed by atoms with Crippen molar-refractivity contribution in [2.45, 2.75) is 13.5 Å². The molecule has 1 amide bonds. The van der Waals surface area contributed by atoms with Gasteiger partial charge in [-0.15, -0.1) is 0 Å². The third-order valence-corrected chi connectivity index (χ3v) is 4.08. The van der Waals surface area contributed by atoms with Crippen LogP contribution in [0.5, 0.6) is 5.75 Å². The lowest BCUT2D eigenvalue weighted by molar-refractivity contribution is 0.102. The molecule has 2 N–H and O–H groups in total. The van der Waals surface area contributed by atoms with E-state index in [1.807, 2.05) is 18.2 Å². The molecule has 0 aliphatic rings. The van der Waals surface area contributed by atoms with E-state index in [1.54, 1.807) is 31.4 Å². The van der Waals surface area contributed by atoms with Crippen molar-refractivity contribution in [3.05, 3.63) is 59.7 Å². The molecule has 0 fully saturated rings. The number of methoxy groups -OCH3 is 1. The van der Waals surface area contributed by atoms with Gasteiger partial charge >= 0.3 is 0 Å². The van der Waals surface area contributed by atoms with E-state index in [2.05, 4.69) is 35.6 Å². The molecule has 0 unspecified atom stereocenters. The maximum absolute atomic E-state index is 12.3. The fourth-order valence-corrected chi connectivity index (χ4v) is 2.37. The normalized spacial score (nSPS) is 10.7. The van der Waals surface area contributed by atoms with E-state index in [0.29, 0.717) is 5.56 Å². The summed E-state index contributed by atoms with van der Waals surface area (Å²) in [6.45, 7) is 5.94. The van der Waals surface area contributed by atoms with Crippen molar-refractivity contribution in [1.29, 1.82) is 0 Å². The number of nitrogens with zero attached hydrogens (tertiary/aromatic N) is 1. The molecule has 25 heavy (non-hydrogen) atoms. The smallest absolute Gasteiger partial charge is 0.255 e. The van der Waals surface area contributed by atoms with E-state index in [1.165, 1.54) is 0 Å². The van der Waals surface area contributed by atoms with Crippen LogP contribution in [0.25, 0.3) is 0 Å². The molecule has 0 saturated heterocycles. The third-order valence-electron chi connectivity index (χ3n) is 4.08. The lowest BCUT2D eigenvalue weighted by Gasteiger charge is -2.14. The van der Waals surface area contributed by atoms with Crippen molar-refractivity contribution in [2.75, 3.05) is 39.1 Å². The van der Waals surface area contributed by atoms with E-state index < -0.39 is 0 Å². The average Bonchev–Trinajstić information content (AvgIpc) is 2.65. The SMILES string of the molecule is CCN(C)CCNCc1cccc(NC(=O)c2ccc(OC)cc2)c1. The van der Waals surface area contributed by atoms with Crippen molar-refractivity contribution in [3.8, 4) is 5.75 Å². The number of benzene rings is 2. The predicted octanol–water partition coefficient (Wildman–Crippen LogP) is 2.99. The highest BCUT2D eigenvalue weighted by Crippen LogP contribution is 2.15. The topological polar surface area (TPSA) is 53.6 Å². The minimum atomic E-state index is -0.127. The molecule has 0 saturated carbocycles. The van der Waals surface area contributed by atoms with Gasteiger partial charge in [0.15, 0.2) is 0 Å². The standard InChI is InChI=1S/C20H27N3O2/c1-4-23(2)13-12-21-15-16-6-5-7-18(14-16)22-20(24)17-8-10-19(25-3)11-9-17/h5-11,14,21H,4,12-13,15H2,1-3H3,(H,22,24). The van der Waals surface area contributed by atoms with Gasteiger partial charge in [0, 0.05) is 30.9 Å². The highest BCUT2D eigenvalue weighted by Gasteiger charge is 2.06. The summed E-state index contributed by atoms with van der Waals surface area (Å²) < 4.78 is 5.11. The van der Waals surface area contributed by atoms with Gasteiger partial charge in [-0.1, -0.05) is 19.1 Å². The first-order valence-corrected chi connectivity index (χ1v) is 8.56. The van der Waals surface area contributed by atoms with Crippen molar-refractivity contribution in [1.82, 2.24) is 10.2 Å². The Kier molecular flexibility index (Phi) is 7.44. The Morgan fingerprint density at radius 3 is 2.60 bits per heavy atom. The highest BCUT2D eigenvalue weighted by atomic mass is 16.5. The van der Waals surface area contributed by atoms with Crippen molar-refractivity contribution in [2.24, 2.45) is 0 Å². The number of rotatable bonds is 9. The van der Waals surface area contributed by atoms with Crippen LogP contribution in [-0.4, -0.2) is 44.6 Å². The van der Waals surface area contributed by atoms with Crippen LogP contribution in [0.1, 0.15) is 22.8 Å². The molecule has 0 atom stereocenters. The molecule has 0 aromatic heterocycles. The van der Waals surface area contributed by atoms with Crippen molar-refractivity contribution in [3.63, 3.8) is 0 Å². The van der Waals surface area contributed by atoms with Gasteiger partial charge in [-0.3, -0.25) is 4.79 Å². The Labute approximate surface area is 150 Å². The third kappa shape index (κ3) is 6.21. The van der Waals surface area contributed by atoms with Gasteiger partial charge in [0.1, 0.15) is 5.75 Å². The van der Waals surface area contributed by atoms with Gasteiger partial charge in [-0.05, 0) is 55.6 Å². The monoisotopic (exact) mass is 341 g/mol. The molecule has 0 spiro atoms. The zero-order valence-corrected chi connectivity index (χ0v) is 15.2. The second-order valence-corrected chi connectivity index (χ2v) is 5.96. The summed E-state index contributed by atoms with van der Waals surface area (Å²) >= 11 is 0. The minimum Gasteiger partial charge on any atom is -0.497 e. The molecule has 0 aliphatic heterocycles. The van der Waals surface area contributed by atoms with Crippen LogP contribution >= 0.6 is 0 Å². The fraction of sp³-hybridized carbons (Fsp3) is 0.350. The van der Waals surface area contributed by atoms with Crippen LogP contribution in [0.3, 0.4) is 0 Å². The molecular weight excluding hydrogens is 314 g/mol. The zero-order valence-electron chi connectivity index (χ0n) is 15.2. The molecule has 134 valence electrons. The molecule has 0 aliphatic carbocycles. The number of carbonyl (C=O) groups excluding carboxylic acids is 1. The Morgan fingerprint density at radius 2 is 1.92 bits per heavy atom. The maximum atomic E-state index is 12.3. The molecule has 2 aromatic carbocycles. The van der Waals surface area contributed by atoms with E-state index in [0.717, 1.165) is 43.2 Å².